The van der Waals surface area contributed by atoms with E-state index in [-0.39, 0.29) is 0 Å². The minimum atomic E-state index is 0.407. The van der Waals surface area contributed by atoms with Gasteiger partial charge in [-0.2, -0.15) is 5.10 Å². The molecule has 1 atom stereocenters. The molecule has 0 spiro atoms. The average Bonchev–Trinajstić information content (AvgIpc) is 3.07. The van der Waals surface area contributed by atoms with Crippen LogP contribution in [0.5, 0.6) is 0 Å². The van der Waals surface area contributed by atoms with Crippen LogP contribution in [-0.2, 0) is 13.0 Å². The Morgan fingerprint density at radius 3 is 3.00 bits per heavy atom. The molecule has 3 rings (SSSR count). The molecular weight excluding hydrogens is 268 g/mol. The first-order chi connectivity index (χ1) is 9.81. The van der Waals surface area contributed by atoms with Crippen LogP contribution in [0.4, 0.5) is 0 Å². The number of hydrogen-bond donors (Lipinski definition) is 1. The third kappa shape index (κ3) is 3.23. The first-order valence-electron chi connectivity index (χ1n) is 6.86. The van der Waals surface area contributed by atoms with Crippen LogP contribution >= 0.6 is 11.3 Å². The maximum Gasteiger partial charge on any atom is 0.0951 e. The molecule has 2 heterocycles. The zero-order chi connectivity index (χ0) is 13.8. The SMILES string of the molecule is C[C@@H](Cn1cccn1)NCCc1nc2ccccc2s1. The van der Waals surface area contributed by atoms with Gasteiger partial charge < -0.3 is 5.32 Å². The van der Waals surface area contributed by atoms with Crippen molar-refractivity contribution in [2.75, 3.05) is 6.54 Å². The zero-order valence-electron chi connectivity index (χ0n) is 11.5. The minimum absolute atomic E-state index is 0.407. The summed E-state index contributed by atoms with van der Waals surface area (Å²) in [4.78, 5) is 4.65. The van der Waals surface area contributed by atoms with Gasteiger partial charge in [-0.15, -0.1) is 11.3 Å². The molecule has 5 heteroatoms. The Kier molecular flexibility index (Phi) is 4.08. The van der Waals surface area contributed by atoms with Crippen LogP contribution in [-0.4, -0.2) is 27.4 Å². The number of fused-ring (bicyclic) bond motifs is 1. The quantitative estimate of drug-likeness (QED) is 0.757. The average molecular weight is 286 g/mol. The van der Waals surface area contributed by atoms with Crippen LogP contribution < -0.4 is 5.32 Å². The number of thiazole rings is 1. The molecule has 20 heavy (non-hydrogen) atoms. The molecule has 4 nitrogen and oxygen atoms in total. The molecule has 0 radical (unpaired) electrons. The van der Waals surface area contributed by atoms with Crippen LogP contribution in [0, 0.1) is 0 Å². The number of para-hydroxylation sites is 1. The monoisotopic (exact) mass is 286 g/mol. The molecule has 1 aromatic carbocycles. The Morgan fingerprint density at radius 2 is 2.20 bits per heavy atom. The first-order valence-corrected chi connectivity index (χ1v) is 7.68. The summed E-state index contributed by atoms with van der Waals surface area (Å²) in [6.45, 7) is 4.02. The highest BCUT2D eigenvalue weighted by Gasteiger charge is 2.05. The van der Waals surface area contributed by atoms with Crippen molar-refractivity contribution in [1.29, 1.82) is 0 Å². The van der Waals surface area contributed by atoms with E-state index in [1.807, 2.05) is 29.2 Å². The summed E-state index contributed by atoms with van der Waals surface area (Å²) in [5, 5.41) is 8.94. The molecule has 0 aliphatic heterocycles. The van der Waals surface area contributed by atoms with E-state index in [0.29, 0.717) is 6.04 Å². The molecule has 3 aromatic rings. The molecular formula is C15H18N4S. The Hall–Kier alpha value is -1.72. The predicted molar refractivity (Wildman–Crippen MR) is 83.0 cm³/mol. The van der Waals surface area contributed by atoms with Gasteiger partial charge in [0.1, 0.15) is 0 Å². The van der Waals surface area contributed by atoms with Gasteiger partial charge >= 0.3 is 0 Å². The fraction of sp³-hybridized carbons (Fsp3) is 0.333. The van der Waals surface area contributed by atoms with Crippen molar-refractivity contribution in [2.45, 2.75) is 25.9 Å². The van der Waals surface area contributed by atoms with E-state index in [0.717, 1.165) is 25.0 Å². The summed E-state index contributed by atoms with van der Waals surface area (Å²) in [7, 11) is 0. The van der Waals surface area contributed by atoms with Gasteiger partial charge in [0.05, 0.1) is 21.8 Å². The lowest BCUT2D eigenvalue weighted by Crippen LogP contribution is -2.32. The summed E-state index contributed by atoms with van der Waals surface area (Å²) < 4.78 is 3.22. The van der Waals surface area contributed by atoms with Crippen molar-refractivity contribution >= 4 is 21.6 Å². The predicted octanol–water partition coefficient (Wildman–Crippen LogP) is 2.71. The van der Waals surface area contributed by atoms with Gasteiger partial charge in [-0.1, -0.05) is 12.1 Å². The molecule has 0 saturated heterocycles. The van der Waals surface area contributed by atoms with Gasteiger partial charge in [-0.25, -0.2) is 4.98 Å². The smallest absolute Gasteiger partial charge is 0.0951 e. The van der Waals surface area contributed by atoms with Gasteiger partial charge in [0, 0.05) is 31.4 Å². The highest BCUT2D eigenvalue weighted by atomic mass is 32.1. The Labute approximate surface area is 122 Å². The topological polar surface area (TPSA) is 42.7 Å². The van der Waals surface area contributed by atoms with E-state index in [1.54, 1.807) is 11.3 Å². The molecule has 0 bridgehead atoms. The first kappa shape index (κ1) is 13.3. The fourth-order valence-electron chi connectivity index (χ4n) is 2.21. The zero-order valence-corrected chi connectivity index (χ0v) is 12.3. The lowest BCUT2D eigenvalue weighted by Gasteiger charge is -2.13. The fourth-order valence-corrected chi connectivity index (χ4v) is 3.17. The minimum Gasteiger partial charge on any atom is -0.312 e. The van der Waals surface area contributed by atoms with Crippen LogP contribution in [0.25, 0.3) is 10.2 Å². The summed E-state index contributed by atoms with van der Waals surface area (Å²) in [6, 6.07) is 10.7. The molecule has 0 aliphatic carbocycles. The molecule has 0 fully saturated rings. The van der Waals surface area contributed by atoms with Gasteiger partial charge in [0.2, 0.25) is 0 Å². The molecule has 0 amide bonds. The van der Waals surface area contributed by atoms with E-state index in [4.69, 9.17) is 0 Å². The Balaban J connectivity index is 1.49. The summed E-state index contributed by atoms with van der Waals surface area (Å²) in [5.74, 6) is 0. The lowest BCUT2D eigenvalue weighted by molar-refractivity contribution is 0.454. The Bertz CT molecular complexity index is 626. The van der Waals surface area contributed by atoms with Crippen molar-refractivity contribution in [3.05, 3.63) is 47.7 Å². The van der Waals surface area contributed by atoms with Crippen LogP contribution in [0.2, 0.25) is 0 Å². The van der Waals surface area contributed by atoms with Crippen molar-refractivity contribution in [3.8, 4) is 0 Å². The Morgan fingerprint density at radius 1 is 1.30 bits per heavy atom. The van der Waals surface area contributed by atoms with Gasteiger partial charge in [-0.05, 0) is 25.1 Å². The standard InChI is InChI=1S/C15H18N4S/c1-12(11-19-10-4-8-17-19)16-9-7-15-18-13-5-2-3-6-14(13)20-15/h2-6,8,10,12,16H,7,9,11H2,1H3/t12-/m0/s1. The van der Waals surface area contributed by atoms with Crippen molar-refractivity contribution in [3.63, 3.8) is 0 Å². The largest absolute Gasteiger partial charge is 0.312 e. The molecule has 0 saturated carbocycles. The van der Waals surface area contributed by atoms with E-state index in [2.05, 4.69) is 40.5 Å². The van der Waals surface area contributed by atoms with E-state index in [9.17, 15) is 0 Å². The molecule has 0 unspecified atom stereocenters. The molecule has 2 aromatic heterocycles. The van der Waals surface area contributed by atoms with Gasteiger partial charge in [0.25, 0.3) is 0 Å². The maximum atomic E-state index is 4.65. The van der Waals surface area contributed by atoms with Gasteiger partial charge in [-0.3, -0.25) is 4.68 Å². The maximum absolute atomic E-state index is 4.65. The normalized spacial score (nSPS) is 12.8. The van der Waals surface area contributed by atoms with Crippen LogP contribution in [0.15, 0.2) is 42.7 Å². The number of aromatic nitrogens is 3. The summed E-state index contributed by atoms with van der Waals surface area (Å²) in [6.07, 6.45) is 4.78. The van der Waals surface area contributed by atoms with Crippen molar-refractivity contribution in [2.24, 2.45) is 0 Å². The van der Waals surface area contributed by atoms with Crippen LogP contribution in [0.3, 0.4) is 0 Å². The lowest BCUT2D eigenvalue weighted by atomic mass is 10.3. The number of hydrogen-bond acceptors (Lipinski definition) is 4. The van der Waals surface area contributed by atoms with E-state index >= 15 is 0 Å². The molecule has 104 valence electrons. The van der Waals surface area contributed by atoms with E-state index in [1.165, 1.54) is 9.71 Å². The molecule has 0 aliphatic rings. The number of rotatable bonds is 6. The second-order valence-electron chi connectivity index (χ2n) is 4.91. The second kappa shape index (κ2) is 6.15. The van der Waals surface area contributed by atoms with E-state index < -0.39 is 0 Å². The van der Waals surface area contributed by atoms with Crippen molar-refractivity contribution in [1.82, 2.24) is 20.1 Å². The third-order valence-corrected chi connectivity index (χ3v) is 4.29. The highest BCUT2D eigenvalue weighted by molar-refractivity contribution is 7.18. The van der Waals surface area contributed by atoms with Crippen molar-refractivity contribution < 1.29 is 0 Å². The third-order valence-electron chi connectivity index (χ3n) is 3.19. The van der Waals surface area contributed by atoms with Gasteiger partial charge in [0.15, 0.2) is 0 Å². The number of benzene rings is 1. The summed E-state index contributed by atoms with van der Waals surface area (Å²) in [5.41, 5.74) is 1.11. The number of nitrogens with one attached hydrogen (secondary N) is 1. The van der Waals surface area contributed by atoms with Crippen LogP contribution in [0.1, 0.15) is 11.9 Å². The highest BCUT2D eigenvalue weighted by Crippen LogP contribution is 2.21. The summed E-state index contributed by atoms with van der Waals surface area (Å²) >= 11 is 1.79. The second-order valence-corrected chi connectivity index (χ2v) is 6.02. The molecule has 1 N–H and O–H groups in total. The number of nitrogens with zero attached hydrogens (tertiary/aromatic N) is 3.